The van der Waals surface area contributed by atoms with Gasteiger partial charge in [0.2, 0.25) is 0 Å². The third-order valence-corrected chi connectivity index (χ3v) is 6.87. The molecule has 0 aliphatic carbocycles. The van der Waals surface area contributed by atoms with Crippen LogP contribution < -0.4 is 5.32 Å². The minimum Gasteiger partial charge on any atom is -0.322 e. The van der Waals surface area contributed by atoms with Gasteiger partial charge in [-0.05, 0) is 79.2 Å². The summed E-state index contributed by atoms with van der Waals surface area (Å²) in [5.74, 6) is -0.324. The summed E-state index contributed by atoms with van der Waals surface area (Å²) in [7, 11) is 0. The molecule has 0 aliphatic rings. The van der Waals surface area contributed by atoms with Crippen molar-refractivity contribution in [3.63, 3.8) is 0 Å². The van der Waals surface area contributed by atoms with E-state index in [1.165, 1.54) is 0 Å². The molecule has 0 saturated carbocycles. The van der Waals surface area contributed by atoms with Crippen molar-refractivity contribution in [2.24, 2.45) is 0 Å². The van der Waals surface area contributed by atoms with Crippen molar-refractivity contribution < 1.29 is 9.59 Å². The van der Waals surface area contributed by atoms with Crippen LogP contribution in [0.4, 0.5) is 5.69 Å². The summed E-state index contributed by atoms with van der Waals surface area (Å²) < 4.78 is 0. The number of ketones is 1. The van der Waals surface area contributed by atoms with Crippen LogP contribution >= 0.6 is 11.3 Å². The molecule has 0 spiro atoms. The molecular formula is C29H25N3O2S. The monoisotopic (exact) mass is 479 g/mol. The third-order valence-electron chi connectivity index (χ3n) is 5.95. The Labute approximate surface area is 209 Å². The highest BCUT2D eigenvalue weighted by Gasteiger charge is 2.20. The maximum absolute atomic E-state index is 13.1. The first-order chi connectivity index (χ1) is 16.8. The molecule has 0 atom stereocenters. The first-order valence-electron chi connectivity index (χ1n) is 11.2. The number of thiophene rings is 1. The smallest absolute Gasteiger partial charge is 0.255 e. The van der Waals surface area contributed by atoms with Crippen molar-refractivity contribution in [3.8, 4) is 16.5 Å². The van der Waals surface area contributed by atoms with Crippen LogP contribution in [0.15, 0.2) is 78.4 Å². The minimum absolute atomic E-state index is 0.0528. The number of carbonyl (C=O) groups excluding carboxylic acids is 2. The predicted molar refractivity (Wildman–Crippen MR) is 140 cm³/mol. The van der Waals surface area contributed by atoms with E-state index in [0.717, 1.165) is 27.1 Å². The zero-order valence-corrected chi connectivity index (χ0v) is 20.6. The summed E-state index contributed by atoms with van der Waals surface area (Å²) >= 11 is 1.60. The molecule has 4 rings (SSSR count). The molecule has 1 N–H and O–H groups in total. The van der Waals surface area contributed by atoms with Gasteiger partial charge in [0.15, 0.2) is 5.78 Å². The Morgan fingerprint density at radius 3 is 2.60 bits per heavy atom. The van der Waals surface area contributed by atoms with E-state index in [0.29, 0.717) is 16.8 Å². The van der Waals surface area contributed by atoms with E-state index in [1.54, 1.807) is 41.9 Å². The number of benzene rings is 2. The van der Waals surface area contributed by atoms with Gasteiger partial charge in [0, 0.05) is 46.1 Å². The maximum atomic E-state index is 13.1. The summed E-state index contributed by atoms with van der Waals surface area (Å²) in [5, 5.41) is 14.3. The Morgan fingerprint density at radius 1 is 1.03 bits per heavy atom. The Balaban J connectivity index is 1.52. The molecule has 2 aromatic heterocycles. The number of carbonyl (C=O) groups is 2. The molecule has 0 unspecified atom stereocenters. The lowest BCUT2D eigenvalue weighted by atomic mass is 9.86. The number of nitrogens with one attached hydrogen (secondary N) is 1. The standard InChI is InChI=1S/C29H25N3O2S/c1-19-9-10-20(28(34)32-25-7-4-6-24(15-25)29(2,3)18-30)12-21(19)14-26(33)22-13-23(17-31-16-22)27-8-5-11-35-27/h4-13,15-17H,14H2,1-3H3,(H,32,34). The van der Waals surface area contributed by atoms with Gasteiger partial charge in [-0.25, -0.2) is 0 Å². The maximum Gasteiger partial charge on any atom is 0.255 e. The average Bonchev–Trinajstić information content (AvgIpc) is 3.41. The molecule has 2 aromatic carbocycles. The van der Waals surface area contributed by atoms with Crippen LogP contribution in [-0.4, -0.2) is 16.7 Å². The molecule has 0 fully saturated rings. The van der Waals surface area contributed by atoms with E-state index in [4.69, 9.17) is 0 Å². The molecule has 2 heterocycles. The molecule has 4 aromatic rings. The van der Waals surface area contributed by atoms with Gasteiger partial charge in [0.1, 0.15) is 0 Å². The van der Waals surface area contributed by atoms with Gasteiger partial charge in [-0.15, -0.1) is 11.3 Å². The van der Waals surface area contributed by atoms with Crippen LogP contribution in [0.1, 0.15) is 51.3 Å². The zero-order valence-electron chi connectivity index (χ0n) is 19.8. The number of rotatable bonds is 7. The van der Waals surface area contributed by atoms with Crippen molar-refractivity contribution in [3.05, 3.63) is 106 Å². The Hall–Kier alpha value is -4.08. The van der Waals surface area contributed by atoms with Gasteiger partial charge in [0.05, 0.1) is 11.5 Å². The van der Waals surface area contributed by atoms with Gasteiger partial charge < -0.3 is 5.32 Å². The fourth-order valence-electron chi connectivity index (χ4n) is 3.70. The quantitative estimate of drug-likeness (QED) is 0.303. The highest BCUT2D eigenvalue weighted by molar-refractivity contribution is 7.13. The lowest BCUT2D eigenvalue weighted by Gasteiger charge is -2.17. The molecule has 174 valence electrons. The predicted octanol–water partition coefficient (Wildman–Crippen LogP) is 6.60. The van der Waals surface area contributed by atoms with Gasteiger partial charge in [-0.3, -0.25) is 14.6 Å². The number of hydrogen-bond acceptors (Lipinski definition) is 5. The van der Waals surface area contributed by atoms with Crippen LogP contribution in [0.25, 0.3) is 10.4 Å². The lowest BCUT2D eigenvalue weighted by molar-refractivity contribution is 0.0988. The second kappa shape index (κ2) is 10.0. The topological polar surface area (TPSA) is 82.9 Å². The number of Topliss-reactive ketones (excluding diaryl/α,β-unsaturated/α-hetero) is 1. The zero-order chi connectivity index (χ0) is 25.0. The number of hydrogen-bond donors (Lipinski definition) is 1. The molecule has 0 saturated heterocycles. The fourth-order valence-corrected chi connectivity index (χ4v) is 4.41. The van der Waals surface area contributed by atoms with Crippen LogP contribution in [0.5, 0.6) is 0 Å². The summed E-state index contributed by atoms with van der Waals surface area (Å²) in [6.45, 7) is 5.60. The molecule has 5 nitrogen and oxygen atoms in total. The Morgan fingerprint density at radius 2 is 1.86 bits per heavy atom. The molecule has 1 amide bonds. The number of nitrogens with zero attached hydrogens (tertiary/aromatic N) is 2. The number of pyridine rings is 1. The number of aromatic nitrogens is 1. The number of anilines is 1. The normalized spacial score (nSPS) is 11.0. The molecular weight excluding hydrogens is 454 g/mol. The van der Waals surface area contributed by atoms with Crippen molar-refractivity contribution in [1.29, 1.82) is 5.26 Å². The second-order valence-corrected chi connectivity index (χ2v) is 9.90. The summed E-state index contributed by atoms with van der Waals surface area (Å²) in [6.07, 6.45) is 3.51. The average molecular weight is 480 g/mol. The van der Waals surface area contributed by atoms with E-state index in [1.807, 2.05) is 68.6 Å². The number of nitriles is 1. The molecule has 0 radical (unpaired) electrons. The largest absolute Gasteiger partial charge is 0.322 e. The number of amides is 1. The molecule has 0 aliphatic heterocycles. The van der Waals surface area contributed by atoms with Gasteiger partial charge >= 0.3 is 0 Å². The molecule has 0 bridgehead atoms. The summed E-state index contributed by atoms with van der Waals surface area (Å²) in [4.78, 5) is 31.3. The molecule has 6 heteroatoms. The van der Waals surface area contributed by atoms with Gasteiger partial charge in [-0.2, -0.15) is 5.26 Å². The van der Waals surface area contributed by atoms with Crippen LogP contribution in [-0.2, 0) is 11.8 Å². The van der Waals surface area contributed by atoms with Crippen molar-refractivity contribution in [2.45, 2.75) is 32.6 Å². The third kappa shape index (κ3) is 5.53. The van der Waals surface area contributed by atoms with Gasteiger partial charge in [-0.1, -0.05) is 24.3 Å². The highest BCUT2D eigenvalue weighted by Crippen LogP contribution is 2.26. The van der Waals surface area contributed by atoms with E-state index in [9.17, 15) is 14.9 Å². The van der Waals surface area contributed by atoms with Crippen molar-refractivity contribution >= 4 is 28.7 Å². The van der Waals surface area contributed by atoms with Crippen LogP contribution in [0, 0.1) is 18.3 Å². The van der Waals surface area contributed by atoms with E-state index >= 15 is 0 Å². The van der Waals surface area contributed by atoms with E-state index < -0.39 is 5.41 Å². The Kier molecular flexibility index (Phi) is 6.90. The summed E-state index contributed by atoms with van der Waals surface area (Å²) in [5.41, 5.74) is 4.44. The SMILES string of the molecule is Cc1ccc(C(=O)Nc2cccc(C(C)(C)C#N)c2)cc1CC(=O)c1cncc(-c2cccs2)c1. The highest BCUT2D eigenvalue weighted by atomic mass is 32.1. The number of aryl methyl sites for hydroxylation is 1. The second-order valence-electron chi connectivity index (χ2n) is 8.95. The van der Waals surface area contributed by atoms with E-state index in [2.05, 4.69) is 16.4 Å². The first kappa shape index (κ1) is 24.1. The molecule has 35 heavy (non-hydrogen) atoms. The van der Waals surface area contributed by atoms with Crippen molar-refractivity contribution in [1.82, 2.24) is 4.98 Å². The van der Waals surface area contributed by atoms with E-state index in [-0.39, 0.29) is 18.1 Å². The van der Waals surface area contributed by atoms with Crippen molar-refractivity contribution in [2.75, 3.05) is 5.32 Å². The van der Waals surface area contributed by atoms with Crippen LogP contribution in [0.3, 0.4) is 0 Å². The van der Waals surface area contributed by atoms with Gasteiger partial charge in [0.25, 0.3) is 5.91 Å². The Bertz CT molecular complexity index is 1430. The lowest BCUT2D eigenvalue weighted by Crippen LogP contribution is -2.16. The van der Waals surface area contributed by atoms with Crippen LogP contribution in [0.2, 0.25) is 0 Å². The summed E-state index contributed by atoms with van der Waals surface area (Å²) in [6, 6.07) is 20.8. The fraction of sp³-hybridized carbons (Fsp3) is 0.172. The minimum atomic E-state index is -0.659. The first-order valence-corrected chi connectivity index (χ1v) is 12.1.